The molecule has 2 aliphatic heterocycles. The molecule has 0 aromatic carbocycles. The highest BCUT2D eigenvalue weighted by molar-refractivity contribution is 5.96. The van der Waals surface area contributed by atoms with E-state index in [1.54, 1.807) is 0 Å². The number of aliphatic imine (C=N–C) groups is 3. The maximum absolute atomic E-state index is 5.70. The zero-order valence-electron chi connectivity index (χ0n) is 7.75. The molecule has 0 bridgehead atoms. The van der Waals surface area contributed by atoms with Crippen LogP contribution < -0.4 is 5.73 Å². The van der Waals surface area contributed by atoms with Gasteiger partial charge in [-0.25, -0.2) is 9.98 Å². The molecule has 2 unspecified atom stereocenters. The van der Waals surface area contributed by atoms with Crippen LogP contribution in [-0.4, -0.2) is 41.7 Å². The van der Waals surface area contributed by atoms with Crippen LogP contribution in [-0.2, 0) is 0 Å². The van der Waals surface area contributed by atoms with Gasteiger partial charge in [-0.1, -0.05) is 0 Å². The van der Waals surface area contributed by atoms with E-state index in [0.717, 1.165) is 0 Å². The smallest absolute Gasteiger partial charge is 0.153 e. The van der Waals surface area contributed by atoms with Crippen LogP contribution in [0, 0.1) is 0 Å². The molecule has 5 nitrogen and oxygen atoms in total. The minimum absolute atomic E-state index is 0.0255. The molecular formula is C8H13N5. The third-order valence-corrected chi connectivity index (χ3v) is 2.27. The molecule has 0 fully saturated rings. The average molecular weight is 179 g/mol. The molecule has 0 spiro atoms. The summed E-state index contributed by atoms with van der Waals surface area (Å²) in [4.78, 5) is 14.5. The molecule has 0 radical (unpaired) electrons. The Labute approximate surface area is 77.1 Å². The fraction of sp³-hybridized carbons (Fsp3) is 0.625. The molecule has 2 rings (SSSR count). The molecule has 2 aliphatic rings. The van der Waals surface area contributed by atoms with E-state index in [0.29, 0.717) is 11.9 Å². The first-order chi connectivity index (χ1) is 6.20. The minimum atomic E-state index is -0.0765. The van der Waals surface area contributed by atoms with Crippen LogP contribution in [0.3, 0.4) is 0 Å². The summed E-state index contributed by atoms with van der Waals surface area (Å²) < 4.78 is 0. The summed E-state index contributed by atoms with van der Waals surface area (Å²) in [5.41, 5.74) is 5.70. The molecule has 0 amide bonds. The van der Waals surface area contributed by atoms with Gasteiger partial charge in [0, 0.05) is 6.04 Å². The van der Waals surface area contributed by atoms with Crippen molar-refractivity contribution in [1.29, 1.82) is 0 Å². The number of hydrogen-bond acceptors (Lipinski definition) is 5. The van der Waals surface area contributed by atoms with E-state index >= 15 is 0 Å². The van der Waals surface area contributed by atoms with Gasteiger partial charge < -0.3 is 10.6 Å². The first-order valence-electron chi connectivity index (χ1n) is 4.35. The van der Waals surface area contributed by atoms with E-state index < -0.39 is 0 Å². The highest BCUT2D eigenvalue weighted by Crippen LogP contribution is 2.19. The van der Waals surface area contributed by atoms with Gasteiger partial charge in [0.2, 0.25) is 0 Å². The Hall–Kier alpha value is -1.39. The lowest BCUT2D eigenvalue weighted by Gasteiger charge is -2.28. The van der Waals surface area contributed by atoms with Crippen LogP contribution in [0.1, 0.15) is 13.8 Å². The summed E-state index contributed by atoms with van der Waals surface area (Å²) in [6.07, 6.45) is 3.35. The van der Waals surface area contributed by atoms with Gasteiger partial charge >= 0.3 is 0 Å². The summed E-state index contributed by atoms with van der Waals surface area (Å²) in [5, 5.41) is 0. The summed E-state index contributed by atoms with van der Waals surface area (Å²) in [6.45, 7) is 4.21. The van der Waals surface area contributed by atoms with Crippen LogP contribution in [0.2, 0.25) is 0 Å². The van der Waals surface area contributed by atoms with Crippen molar-refractivity contribution < 1.29 is 0 Å². The molecular weight excluding hydrogens is 166 g/mol. The first-order valence-corrected chi connectivity index (χ1v) is 4.35. The monoisotopic (exact) mass is 179 g/mol. The number of hydrogen-bond donors (Lipinski definition) is 1. The Bertz CT molecular complexity index is 291. The standard InChI is InChI=1S/C8H13N5/c1-5(2)13-4-12-6-7(9)10-3-11-8(6)13/h3-6,8H,1-2H3,(H2,9,10,11). The van der Waals surface area contributed by atoms with Crippen molar-refractivity contribution in [3.8, 4) is 0 Å². The molecule has 0 saturated heterocycles. The lowest BCUT2D eigenvalue weighted by atomic mass is 10.2. The van der Waals surface area contributed by atoms with Crippen LogP contribution in [0.25, 0.3) is 0 Å². The van der Waals surface area contributed by atoms with Crippen LogP contribution in [0.15, 0.2) is 15.0 Å². The molecule has 0 aromatic heterocycles. The predicted octanol–water partition coefficient (Wildman–Crippen LogP) is -0.168. The molecule has 0 aromatic rings. The second-order valence-corrected chi connectivity index (χ2v) is 3.48. The van der Waals surface area contributed by atoms with Gasteiger partial charge in [0.05, 0.1) is 6.34 Å². The Morgan fingerprint density at radius 1 is 1.46 bits per heavy atom. The molecule has 5 heteroatoms. The van der Waals surface area contributed by atoms with Crippen molar-refractivity contribution >= 4 is 18.5 Å². The topological polar surface area (TPSA) is 66.3 Å². The van der Waals surface area contributed by atoms with E-state index in [1.165, 1.54) is 6.34 Å². The van der Waals surface area contributed by atoms with Gasteiger partial charge in [-0.3, -0.25) is 4.99 Å². The second kappa shape index (κ2) is 2.83. The SMILES string of the molecule is CC(C)N1C=NC2C(N)=NC=NC21. The van der Waals surface area contributed by atoms with E-state index in [4.69, 9.17) is 5.73 Å². The number of rotatable bonds is 1. The Morgan fingerprint density at radius 3 is 2.92 bits per heavy atom. The Balaban J connectivity index is 2.23. The quantitative estimate of drug-likeness (QED) is 0.607. The zero-order valence-corrected chi connectivity index (χ0v) is 7.75. The van der Waals surface area contributed by atoms with Crippen molar-refractivity contribution in [2.75, 3.05) is 0 Å². The Morgan fingerprint density at radius 2 is 2.23 bits per heavy atom. The van der Waals surface area contributed by atoms with E-state index in [1.807, 2.05) is 6.34 Å². The lowest BCUT2D eigenvalue weighted by Crippen LogP contribution is -2.46. The van der Waals surface area contributed by atoms with E-state index in [9.17, 15) is 0 Å². The third kappa shape index (κ3) is 1.20. The highest BCUT2D eigenvalue weighted by atomic mass is 15.4. The van der Waals surface area contributed by atoms with Crippen molar-refractivity contribution in [3.05, 3.63) is 0 Å². The largest absolute Gasteiger partial charge is 0.385 e. The summed E-state index contributed by atoms with van der Waals surface area (Å²) in [5.74, 6) is 0.555. The second-order valence-electron chi connectivity index (χ2n) is 3.48. The molecule has 2 atom stereocenters. The maximum atomic E-state index is 5.70. The first kappa shape index (κ1) is 8.22. The van der Waals surface area contributed by atoms with Crippen LogP contribution in [0.5, 0.6) is 0 Å². The van der Waals surface area contributed by atoms with Crippen molar-refractivity contribution in [2.45, 2.75) is 32.1 Å². The fourth-order valence-corrected chi connectivity index (χ4v) is 1.53. The van der Waals surface area contributed by atoms with Gasteiger partial charge in [0.15, 0.2) is 6.17 Å². The lowest BCUT2D eigenvalue weighted by molar-refractivity contribution is 0.289. The summed E-state index contributed by atoms with van der Waals surface area (Å²) >= 11 is 0. The van der Waals surface area contributed by atoms with Crippen LogP contribution in [0.4, 0.5) is 0 Å². The van der Waals surface area contributed by atoms with Gasteiger partial charge in [-0.15, -0.1) is 0 Å². The number of nitrogens with two attached hydrogens (primary N) is 1. The van der Waals surface area contributed by atoms with Crippen molar-refractivity contribution in [2.24, 2.45) is 20.7 Å². The predicted molar refractivity (Wildman–Crippen MR) is 53.2 cm³/mol. The Kier molecular flexibility index (Phi) is 1.79. The van der Waals surface area contributed by atoms with Gasteiger partial charge in [0.25, 0.3) is 0 Å². The maximum Gasteiger partial charge on any atom is 0.153 e. The molecule has 0 aliphatic carbocycles. The highest BCUT2D eigenvalue weighted by Gasteiger charge is 2.35. The normalized spacial score (nSPS) is 31.0. The van der Waals surface area contributed by atoms with Gasteiger partial charge in [0.1, 0.15) is 18.2 Å². The van der Waals surface area contributed by atoms with E-state index in [-0.39, 0.29) is 12.2 Å². The zero-order chi connectivity index (χ0) is 9.42. The molecule has 13 heavy (non-hydrogen) atoms. The van der Waals surface area contributed by atoms with Gasteiger partial charge in [-0.2, -0.15) is 0 Å². The average Bonchev–Trinajstić information content (AvgIpc) is 2.48. The summed E-state index contributed by atoms with van der Waals surface area (Å²) in [6, 6.07) is 0.314. The minimum Gasteiger partial charge on any atom is -0.385 e. The van der Waals surface area contributed by atoms with Gasteiger partial charge in [-0.05, 0) is 13.8 Å². The van der Waals surface area contributed by atoms with Crippen molar-refractivity contribution in [1.82, 2.24) is 4.90 Å². The third-order valence-electron chi connectivity index (χ3n) is 2.27. The molecule has 2 heterocycles. The van der Waals surface area contributed by atoms with E-state index in [2.05, 4.69) is 33.7 Å². The number of nitrogens with zero attached hydrogens (tertiary/aromatic N) is 4. The number of amidine groups is 1. The molecule has 0 saturated carbocycles. The summed E-state index contributed by atoms with van der Waals surface area (Å²) in [7, 11) is 0. The number of fused-ring (bicyclic) bond motifs is 1. The van der Waals surface area contributed by atoms with Crippen LogP contribution >= 0.6 is 0 Å². The molecule has 70 valence electrons. The van der Waals surface area contributed by atoms with Crippen molar-refractivity contribution in [3.63, 3.8) is 0 Å². The fourth-order valence-electron chi connectivity index (χ4n) is 1.53. The molecule has 2 N–H and O–H groups in total.